The van der Waals surface area contributed by atoms with Crippen molar-refractivity contribution in [1.82, 2.24) is 9.78 Å². The number of alkyl halides is 3. The highest BCUT2D eigenvalue weighted by Crippen LogP contribution is 2.26. The summed E-state index contributed by atoms with van der Waals surface area (Å²) < 4.78 is 39.0. The molecule has 0 bridgehead atoms. The topological polar surface area (TPSA) is 43.8 Å². The molecule has 16 heavy (non-hydrogen) atoms. The molecule has 0 aliphatic rings. The maximum Gasteiger partial charge on any atom is 0.404 e. The minimum atomic E-state index is -4.38. The van der Waals surface area contributed by atoms with Gasteiger partial charge in [-0.2, -0.15) is 18.3 Å². The number of halogens is 4. The standard InChI is InChI=1S/C9H13BrF3N3/c1-3-5-8(10)6(16(2)15-5)4-7(14)9(11,12)13/h7H,3-4,14H2,1-2H3. The van der Waals surface area contributed by atoms with E-state index >= 15 is 0 Å². The second kappa shape index (κ2) is 4.75. The van der Waals surface area contributed by atoms with Crippen molar-refractivity contribution in [2.24, 2.45) is 12.8 Å². The van der Waals surface area contributed by atoms with Gasteiger partial charge in [0.05, 0.1) is 15.9 Å². The molecule has 3 nitrogen and oxygen atoms in total. The van der Waals surface area contributed by atoms with Gasteiger partial charge in [0.1, 0.15) is 6.04 Å². The summed E-state index contributed by atoms with van der Waals surface area (Å²) in [6.45, 7) is 1.89. The van der Waals surface area contributed by atoms with E-state index in [-0.39, 0.29) is 6.42 Å². The Labute approximate surface area is 99.9 Å². The van der Waals surface area contributed by atoms with E-state index in [1.807, 2.05) is 6.92 Å². The maximum absolute atomic E-state index is 12.3. The summed E-state index contributed by atoms with van der Waals surface area (Å²) in [5.74, 6) is 0. The molecule has 1 rings (SSSR count). The normalized spacial score (nSPS) is 14.2. The van der Waals surface area contributed by atoms with Gasteiger partial charge in [0.25, 0.3) is 0 Å². The lowest BCUT2D eigenvalue weighted by Gasteiger charge is -2.15. The Morgan fingerprint density at radius 2 is 2.06 bits per heavy atom. The monoisotopic (exact) mass is 299 g/mol. The van der Waals surface area contributed by atoms with Crippen LogP contribution in [0.4, 0.5) is 13.2 Å². The third-order valence-corrected chi connectivity index (χ3v) is 3.25. The van der Waals surface area contributed by atoms with Crippen LogP contribution in [0.25, 0.3) is 0 Å². The average molecular weight is 300 g/mol. The molecular weight excluding hydrogens is 287 g/mol. The number of nitrogens with zero attached hydrogens (tertiary/aromatic N) is 2. The molecular formula is C9H13BrF3N3. The Kier molecular flexibility index (Phi) is 4.01. The van der Waals surface area contributed by atoms with Crippen LogP contribution < -0.4 is 5.73 Å². The molecule has 7 heteroatoms. The molecule has 1 heterocycles. The van der Waals surface area contributed by atoms with E-state index < -0.39 is 12.2 Å². The summed E-state index contributed by atoms with van der Waals surface area (Å²) in [4.78, 5) is 0. The molecule has 0 saturated heterocycles. The number of nitrogens with two attached hydrogens (primary N) is 1. The van der Waals surface area contributed by atoms with Gasteiger partial charge >= 0.3 is 6.18 Å². The van der Waals surface area contributed by atoms with Crippen LogP contribution in [0.15, 0.2) is 4.47 Å². The molecule has 0 spiro atoms. The quantitative estimate of drug-likeness (QED) is 0.930. The van der Waals surface area contributed by atoms with Crippen molar-refractivity contribution >= 4 is 15.9 Å². The van der Waals surface area contributed by atoms with Crippen LogP contribution in [-0.4, -0.2) is 22.0 Å². The molecule has 0 aliphatic heterocycles. The van der Waals surface area contributed by atoms with Crippen molar-refractivity contribution in [1.29, 1.82) is 0 Å². The molecule has 1 unspecified atom stereocenters. The Morgan fingerprint density at radius 3 is 2.44 bits per heavy atom. The SMILES string of the molecule is CCc1nn(C)c(CC(N)C(F)(F)F)c1Br. The van der Waals surface area contributed by atoms with E-state index in [4.69, 9.17) is 5.73 Å². The van der Waals surface area contributed by atoms with Crippen molar-refractivity contribution in [2.45, 2.75) is 32.0 Å². The van der Waals surface area contributed by atoms with E-state index in [1.165, 1.54) is 4.68 Å². The summed E-state index contributed by atoms with van der Waals surface area (Å²) in [6, 6.07) is -1.86. The van der Waals surface area contributed by atoms with Crippen LogP contribution in [0.3, 0.4) is 0 Å². The minimum Gasteiger partial charge on any atom is -0.320 e. The highest BCUT2D eigenvalue weighted by Gasteiger charge is 2.37. The Balaban J connectivity index is 2.93. The molecule has 0 amide bonds. The second-order valence-corrected chi connectivity index (χ2v) is 4.33. The average Bonchev–Trinajstić information content (AvgIpc) is 2.43. The summed E-state index contributed by atoms with van der Waals surface area (Å²) >= 11 is 3.25. The first kappa shape index (κ1) is 13.5. The van der Waals surface area contributed by atoms with Gasteiger partial charge in [-0.05, 0) is 22.4 Å². The fraction of sp³-hybridized carbons (Fsp3) is 0.667. The van der Waals surface area contributed by atoms with Crippen molar-refractivity contribution in [3.8, 4) is 0 Å². The summed E-state index contributed by atoms with van der Waals surface area (Å²) in [6.07, 6.45) is -3.99. The van der Waals surface area contributed by atoms with Crippen LogP contribution >= 0.6 is 15.9 Å². The third kappa shape index (κ3) is 2.76. The first-order valence-electron chi connectivity index (χ1n) is 4.79. The van der Waals surface area contributed by atoms with Crippen LogP contribution in [0, 0.1) is 0 Å². The zero-order valence-corrected chi connectivity index (χ0v) is 10.6. The van der Waals surface area contributed by atoms with Crippen molar-refractivity contribution < 1.29 is 13.2 Å². The van der Waals surface area contributed by atoms with Crippen LogP contribution in [-0.2, 0) is 19.9 Å². The molecule has 92 valence electrons. The second-order valence-electron chi connectivity index (χ2n) is 3.54. The number of aryl methyl sites for hydroxylation is 2. The van der Waals surface area contributed by atoms with Crippen molar-refractivity contribution in [3.63, 3.8) is 0 Å². The lowest BCUT2D eigenvalue weighted by Crippen LogP contribution is -2.39. The predicted octanol–water partition coefficient (Wildman–Crippen LogP) is 2.18. The molecule has 0 aromatic carbocycles. The molecule has 1 aromatic heterocycles. The maximum atomic E-state index is 12.3. The first-order chi connectivity index (χ1) is 7.27. The predicted molar refractivity (Wildman–Crippen MR) is 58.0 cm³/mol. The van der Waals surface area contributed by atoms with E-state index in [2.05, 4.69) is 21.0 Å². The Hall–Kier alpha value is -0.560. The molecule has 2 N–H and O–H groups in total. The Bertz CT molecular complexity index is 373. The zero-order valence-electron chi connectivity index (χ0n) is 8.98. The van der Waals surface area contributed by atoms with Gasteiger partial charge in [-0.15, -0.1) is 0 Å². The first-order valence-corrected chi connectivity index (χ1v) is 5.59. The number of aromatic nitrogens is 2. The van der Waals surface area contributed by atoms with Gasteiger partial charge in [-0.1, -0.05) is 6.92 Å². The number of rotatable bonds is 3. The molecule has 1 atom stereocenters. The fourth-order valence-electron chi connectivity index (χ4n) is 1.37. The lowest BCUT2D eigenvalue weighted by atomic mass is 10.1. The van der Waals surface area contributed by atoms with Crippen LogP contribution in [0.1, 0.15) is 18.3 Å². The fourth-order valence-corrected chi connectivity index (χ4v) is 2.14. The van der Waals surface area contributed by atoms with Gasteiger partial charge in [-0.25, -0.2) is 0 Å². The Morgan fingerprint density at radius 1 is 1.50 bits per heavy atom. The summed E-state index contributed by atoms with van der Waals surface area (Å²) in [5, 5.41) is 4.11. The van der Waals surface area contributed by atoms with Gasteiger partial charge in [0.2, 0.25) is 0 Å². The molecule has 0 saturated carbocycles. The lowest BCUT2D eigenvalue weighted by molar-refractivity contribution is -0.147. The van der Waals surface area contributed by atoms with E-state index in [0.717, 1.165) is 5.69 Å². The zero-order chi connectivity index (χ0) is 12.5. The summed E-state index contributed by atoms with van der Waals surface area (Å²) in [7, 11) is 1.61. The largest absolute Gasteiger partial charge is 0.404 e. The van der Waals surface area contributed by atoms with Crippen LogP contribution in [0.2, 0.25) is 0 Å². The van der Waals surface area contributed by atoms with Crippen molar-refractivity contribution in [2.75, 3.05) is 0 Å². The molecule has 1 aromatic rings. The van der Waals surface area contributed by atoms with Gasteiger partial charge in [0, 0.05) is 13.5 Å². The number of hydrogen-bond donors (Lipinski definition) is 1. The summed E-state index contributed by atoms with van der Waals surface area (Å²) in [5.41, 5.74) is 6.30. The highest BCUT2D eigenvalue weighted by atomic mass is 79.9. The highest BCUT2D eigenvalue weighted by molar-refractivity contribution is 9.10. The van der Waals surface area contributed by atoms with Crippen LogP contribution in [0.5, 0.6) is 0 Å². The molecule has 0 radical (unpaired) electrons. The van der Waals surface area contributed by atoms with E-state index in [9.17, 15) is 13.2 Å². The molecule has 0 aliphatic carbocycles. The van der Waals surface area contributed by atoms with E-state index in [1.54, 1.807) is 7.05 Å². The van der Waals surface area contributed by atoms with Gasteiger partial charge in [-0.3, -0.25) is 4.68 Å². The van der Waals surface area contributed by atoms with E-state index in [0.29, 0.717) is 16.6 Å². The number of hydrogen-bond acceptors (Lipinski definition) is 2. The third-order valence-electron chi connectivity index (χ3n) is 2.34. The van der Waals surface area contributed by atoms with Gasteiger partial charge < -0.3 is 5.73 Å². The van der Waals surface area contributed by atoms with Gasteiger partial charge in [0.15, 0.2) is 0 Å². The van der Waals surface area contributed by atoms with Crippen molar-refractivity contribution in [3.05, 3.63) is 15.9 Å². The smallest absolute Gasteiger partial charge is 0.320 e. The minimum absolute atomic E-state index is 0.270. The molecule has 0 fully saturated rings.